The lowest BCUT2D eigenvalue weighted by Gasteiger charge is -2.23. The fraction of sp³-hybridized carbons (Fsp3) is 0.286. The SMILES string of the molecule is CCCc1ccc(C(=O)CN2C(=O)NC(C)(c3ccc(Cl)cc3Cl)C2=O)cc1. The Balaban J connectivity index is 1.80. The number of carbonyl (C=O) groups is 3. The molecule has 0 radical (unpaired) electrons. The van der Waals surface area contributed by atoms with Gasteiger partial charge >= 0.3 is 6.03 Å². The molecule has 1 N–H and O–H groups in total. The van der Waals surface area contributed by atoms with Gasteiger partial charge in [0.2, 0.25) is 0 Å². The number of amides is 3. The normalized spacial score (nSPS) is 19.1. The standard InChI is InChI=1S/C21H20Cl2N2O3/c1-3-4-13-5-7-14(8-6-13)18(26)12-25-19(27)21(2,24-20(25)28)16-10-9-15(22)11-17(16)23/h5-11H,3-4,12H2,1-2H3,(H,24,28). The Morgan fingerprint density at radius 3 is 2.39 bits per heavy atom. The summed E-state index contributed by atoms with van der Waals surface area (Å²) in [6, 6.07) is 11.3. The monoisotopic (exact) mass is 418 g/mol. The van der Waals surface area contributed by atoms with Gasteiger partial charge in [0.05, 0.1) is 6.54 Å². The van der Waals surface area contributed by atoms with Crippen molar-refractivity contribution in [1.82, 2.24) is 10.2 Å². The predicted octanol–water partition coefficient (Wildman–Crippen LogP) is 4.60. The quantitative estimate of drug-likeness (QED) is 0.550. The molecule has 2 aromatic rings. The zero-order chi connectivity index (χ0) is 20.5. The highest BCUT2D eigenvalue weighted by molar-refractivity contribution is 6.35. The summed E-state index contributed by atoms with van der Waals surface area (Å²) >= 11 is 12.1. The molecule has 1 unspecified atom stereocenters. The number of rotatable bonds is 6. The van der Waals surface area contributed by atoms with Crippen LogP contribution >= 0.6 is 23.2 Å². The zero-order valence-corrected chi connectivity index (χ0v) is 17.1. The van der Waals surface area contributed by atoms with Crippen LogP contribution in [0.4, 0.5) is 4.79 Å². The molecule has 0 saturated carbocycles. The molecule has 5 nitrogen and oxygen atoms in total. The Morgan fingerprint density at radius 1 is 1.11 bits per heavy atom. The van der Waals surface area contributed by atoms with Crippen LogP contribution in [0.15, 0.2) is 42.5 Å². The average molecular weight is 419 g/mol. The molecule has 3 amide bonds. The summed E-state index contributed by atoms with van der Waals surface area (Å²) in [6.07, 6.45) is 1.95. The third kappa shape index (κ3) is 3.77. The molecule has 3 rings (SSSR count). The minimum absolute atomic E-state index is 0.267. The number of halogens is 2. The molecule has 146 valence electrons. The number of Topliss-reactive ketones (excluding diaryl/α,β-unsaturated/α-hetero) is 1. The Morgan fingerprint density at radius 2 is 1.79 bits per heavy atom. The Kier molecular flexibility index (Phi) is 5.77. The first-order valence-corrected chi connectivity index (χ1v) is 9.73. The highest BCUT2D eigenvalue weighted by atomic mass is 35.5. The van der Waals surface area contributed by atoms with E-state index in [4.69, 9.17) is 23.2 Å². The van der Waals surface area contributed by atoms with Crippen molar-refractivity contribution in [2.24, 2.45) is 0 Å². The number of nitrogens with zero attached hydrogens (tertiary/aromatic N) is 1. The number of imide groups is 1. The lowest BCUT2D eigenvalue weighted by Crippen LogP contribution is -2.41. The summed E-state index contributed by atoms with van der Waals surface area (Å²) < 4.78 is 0. The molecular weight excluding hydrogens is 399 g/mol. The number of nitrogens with one attached hydrogen (secondary N) is 1. The number of carbonyl (C=O) groups excluding carboxylic acids is 3. The molecular formula is C21H20Cl2N2O3. The van der Waals surface area contributed by atoms with E-state index in [1.54, 1.807) is 31.2 Å². The summed E-state index contributed by atoms with van der Waals surface area (Å²) in [5.74, 6) is -0.837. The molecule has 1 aliphatic rings. The van der Waals surface area contributed by atoms with Gasteiger partial charge in [0.1, 0.15) is 5.54 Å². The van der Waals surface area contributed by atoms with Gasteiger partial charge in [0.15, 0.2) is 5.78 Å². The number of hydrogen-bond donors (Lipinski definition) is 1. The van der Waals surface area contributed by atoms with Gasteiger partial charge in [-0.15, -0.1) is 0 Å². The first-order chi connectivity index (χ1) is 13.3. The minimum Gasteiger partial charge on any atom is -0.319 e. The smallest absolute Gasteiger partial charge is 0.319 e. The molecule has 1 fully saturated rings. The van der Waals surface area contributed by atoms with Crippen molar-refractivity contribution in [3.8, 4) is 0 Å². The minimum atomic E-state index is -1.36. The fourth-order valence-corrected chi connectivity index (χ4v) is 3.90. The van der Waals surface area contributed by atoms with Gasteiger partial charge in [-0.05, 0) is 31.0 Å². The topological polar surface area (TPSA) is 66.5 Å². The van der Waals surface area contributed by atoms with Crippen LogP contribution in [0.3, 0.4) is 0 Å². The second-order valence-corrected chi connectivity index (χ2v) is 7.78. The third-order valence-electron chi connectivity index (χ3n) is 4.86. The molecule has 0 bridgehead atoms. The molecule has 28 heavy (non-hydrogen) atoms. The Hall–Kier alpha value is -2.37. The van der Waals surface area contributed by atoms with E-state index in [0.717, 1.165) is 23.3 Å². The number of ketones is 1. The van der Waals surface area contributed by atoms with Gasteiger partial charge in [-0.3, -0.25) is 14.5 Å². The molecule has 0 aromatic heterocycles. The molecule has 1 heterocycles. The van der Waals surface area contributed by atoms with Gasteiger partial charge < -0.3 is 5.32 Å². The highest BCUT2D eigenvalue weighted by Crippen LogP contribution is 2.35. The molecule has 1 saturated heterocycles. The van der Waals surface area contributed by atoms with Gasteiger partial charge in [0.25, 0.3) is 5.91 Å². The molecule has 1 atom stereocenters. The van der Waals surface area contributed by atoms with Crippen LogP contribution in [0.1, 0.15) is 41.8 Å². The second-order valence-electron chi connectivity index (χ2n) is 6.94. The average Bonchev–Trinajstić information content (AvgIpc) is 2.86. The maximum atomic E-state index is 13.0. The summed E-state index contributed by atoms with van der Waals surface area (Å²) in [4.78, 5) is 38.9. The van der Waals surface area contributed by atoms with Crippen molar-refractivity contribution in [2.75, 3.05) is 6.54 Å². The summed E-state index contributed by atoms with van der Waals surface area (Å²) in [6.45, 7) is 3.31. The molecule has 0 aliphatic carbocycles. The van der Waals surface area contributed by atoms with Crippen LogP contribution in [-0.4, -0.2) is 29.2 Å². The lowest BCUT2D eigenvalue weighted by atomic mass is 9.92. The van der Waals surface area contributed by atoms with Crippen LogP contribution in [-0.2, 0) is 16.8 Å². The molecule has 0 spiro atoms. The van der Waals surface area contributed by atoms with Crippen molar-refractivity contribution in [2.45, 2.75) is 32.2 Å². The summed E-state index contributed by atoms with van der Waals surface area (Å²) in [5.41, 5.74) is 0.665. The van der Waals surface area contributed by atoms with E-state index in [-0.39, 0.29) is 17.4 Å². The lowest BCUT2D eigenvalue weighted by molar-refractivity contribution is -0.130. The van der Waals surface area contributed by atoms with E-state index in [9.17, 15) is 14.4 Å². The van der Waals surface area contributed by atoms with Crippen molar-refractivity contribution in [1.29, 1.82) is 0 Å². The van der Waals surface area contributed by atoms with Crippen LogP contribution in [0, 0.1) is 0 Å². The molecule has 2 aromatic carbocycles. The third-order valence-corrected chi connectivity index (χ3v) is 5.41. The first-order valence-electron chi connectivity index (χ1n) is 8.98. The van der Waals surface area contributed by atoms with Gasteiger partial charge in [-0.2, -0.15) is 0 Å². The zero-order valence-electron chi connectivity index (χ0n) is 15.6. The van der Waals surface area contributed by atoms with E-state index < -0.39 is 17.5 Å². The molecule has 7 heteroatoms. The summed E-state index contributed by atoms with van der Waals surface area (Å²) in [7, 11) is 0. The van der Waals surface area contributed by atoms with Crippen LogP contribution < -0.4 is 5.32 Å². The number of aryl methyl sites for hydroxylation is 1. The second kappa shape index (κ2) is 7.94. The van der Waals surface area contributed by atoms with Crippen molar-refractivity contribution >= 4 is 40.9 Å². The van der Waals surface area contributed by atoms with E-state index in [1.165, 1.54) is 6.07 Å². The number of hydrogen-bond acceptors (Lipinski definition) is 3. The van der Waals surface area contributed by atoms with Crippen LogP contribution in [0.25, 0.3) is 0 Å². The Labute approximate surface area is 173 Å². The maximum absolute atomic E-state index is 13.0. The van der Waals surface area contributed by atoms with Crippen molar-refractivity contribution in [3.63, 3.8) is 0 Å². The largest absolute Gasteiger partial charge is 0.325 e. The van der Waals surface area contributed by atoms with E-state index >= 15 is 0 Å². The van der Waals surface area contributed by atoms with Crippen LogP contribution in [0.2, 0.25) is 10.0 Å². The highest BCUT2D eigenvalue weighted by Gasteiger charge is 2.50. The predicted molar refractivity (Wildman–Crippen MR) is 109 cm³/mol. The maximum Gasteiger partial charge on any atom is 0.325 e. The summed E-state index contributed by atoms with van der Waals surface area (Å²) in [5, 5.41) is 3.34. The van der Waals surface area contributed by atoms with E-state index in [0.29, 0.717) is 16.1 Å². The van der Waals surface area contributed by atoms with Gasteiger partial charge in [-0.1, -0.05) is 66.9 Å². The Bertz CT molecular complexity index is 943. The number of urea groups is 1. The molecule has 1 aliphatic heterocycles. The van der Waals surface area contributed by atoms with Gasteiger partial charge in [0, 0.05) is 21.2 Å². The number of benzene rings is 2. The first kappa shape index (κ1) is 20.4. The van der Waals surface area contributed by atoms with Crippen molar-refractivity contribution in [3.05, 3.63) is 69.2 Å². The fourth-order valence-electron chi connectivity index (χ4n) is 3.30. The van der Waals surface area contributed by atoms with E-state index in [2.05, 4.69) is 12.2 Å². The van der Waals surface area contributed by atoms with Gasteiger partial charge in [-0.25, -0.2) is 4.79 Å². The van der Waals surface area contributed by atoms with Crippen LogP contribution in [0.5, 0.6) is 0 Å². The van der Waals surface area contributed by atoms with E-state index in [1.807, 2.05) is 12.1 Å². The van der Waals surface area contributed by atoms with Crippen molar-refractivity contribution < 1.29 is 14.4 Å².